The van der Waals surface area contributed by atoms with Gasteiger partial charge >= 0.3 is 0 Å². The summed E-state index contributed by atoms with van der Waals surface area (Å²) < 4.78 is 11.6. The first kappa shape index (κ1) is 94.7. The molecule has 13 aromatic heterocycles. The highest BCUT2D eigenvalue weighted by Gasteiger charge is 2.19. The van der Waals surface area contributed by atoms with Crippen LogP contribution in [0.1, 0.15) is 59.3 Å². The molecule has 13 heterocycles. The number of alkyl halides is 2. The largest absolute Gasteiger partial charge is 1.00 e. The third kappa shape index (κ3) is 32.2. The minimum absolute atomic E-state index is 0. The molecular formula is C75H103Br2IN18OS8+6. The number of thiocarbonyl (C=S) groups is 2. The first-order valence-electron chi connectivity index (χ1n) is 31.6. The number of hydrogen-bond acceptors (Lipinski definition) is 18. The van der Waals surface area contributed by atoms with Gasteiger partial charge in [0.05, 0.1) is 95.9 Å². The molecule has 0 spiro atoms. The molecule has 0 aliphatic rings. The monoisotopic (exact) mass is 1810 g/mol. The topological polar surface area (TPSA) is 201 Å². The number of aryl methyl sites for hydroxylation is 4. The van der Waals surface area contributed by atoms with Gasteiger partial charge in [-0.3, -0.25) is 19.7 Å². The molecule has 13 aromatic rings. The fourth-order valence-corrected chi connectivity index (χ4v) is 15.3. The zero-order valence-electron chi connectivity index (χ0n) is 58.7. The Morgan fingerprint density at radius 3 is 0.829 bits per heavy atom. The summed E-state index contributed by atoms with van der Waals surface area (Å²) in [4.78, 5) is 58.5. The highest BCUT2D eigenvalue weighted by Crippen LogP contribution is 2.39. The van der Waals surface area contributed by atoms with Crippen molar-refractivity contribution in [3.8, 4) is 63.4 Å². The molecule has 19 nitrogen and oxygen atoms in total. The van der Waals surface area contributed by atoms with E-state index in [-0.39, 0.29) is 56.7 Å². The third-order valence-corrected chi connectivity index (χ3v) is 21.6. The summed E-state index contributed by atoms with van der Waals surface area (Å²) in [6, 6.07) is 28.2. The van der Waals surface area contributed by atoms with Gasteiger partial charge in [-0.05, 0) is 41.3 Å². The van der Waals surface area contributed by atoms with Crippen molar-refractivity contribution in [1.29, 1.82) is 0 Å². The smallest absolute Gasteiger partial charge is 0.169 e. The van der Waals surface area contributed by atoms with Crippen LogP contribution in [0.3, 0.4) is 0 Å². The van der Waals surface area contributed by atoms with Crippen LogP contribution in [0.4, 0.5) is 0 Å². The lowest BCUT2D eigenvalue weighted by Gasteiger charge is -2.22. The highest BCUT2D eigenvalue weighted by molar-refractivity contribution is 14.1. The number of hydrogen-bond donors (Lipinski definition) is 2. The number of fused-ring (bicyclic) bond motifs is 3. The number of carbonyl (C=O) groups excluding carboxylic acids is 1. The molecule has 4 N–H and O–H groups in total. The number of pyridine rings is 7. The Labute approximate surface area is 689 Å². The predicted octanol–water partition coefficient (Wildman–Crippen LogP) is 13.0. The van der Waals surface area contributed by atoms with Gasteiger partial charge in [-0.1, -0.05) is 161 Å². The molecule has 105 heavy (non-hydrogen) atoms. The number of rotatable bonds is 18. The lowest BCUT2D eigenvalue weighted by atomic mass is 10.3. The lowest BCUT2D eigenvalue weighted by molar-refractivity contribution is -0.873. The van der Waals surface area contributed by atoms with E-state index in [4.69, 9.17) is 31.4 Å². The lowest BCUT2D eigenvalue weighted by Crippen LogP contribution is -3.00. The summed E-state index contributed by atoms with van der Waals surface area (Å²) >= 11 is 24.1. The summed E-state index contributed by atoms with van der Waals surface area (Å²) in [6.07, 6.45) is 31.5. The molecule has 0 aliphatic heterocycles. The summed E-state index contributed by atoms with van der Waals surface area (Å²) in [7, 11) is 24.1. The van der Waals surface area contributed by atoms with Crippen LogP contribution in [0.15, 0.2) is 172 Å². The van der Waals surface area contributed by atoms with E-state index >= 15 is 0 Å². The van der Waals surface area contributed by atoms with Crippen LogP contribution < -0.4 is 46.7 Å². The van der Waals surface area contributed by atoms with Crippen LogP contribution >= 0.6 is 131 Å². The Bertz CT molecular complexity index is 4270. The number of quaternary nitrogens is 3. The van der Waals surface area contributed by atoms with Crippen molar-refractivity contribution in [2.75, 3.05) is 93.3 Å². The highest BCUT2D eigenvalue weighted by atomic mass is 127. The maximum absolute atomic E-state index is 9.98. The van der Waals surface area contributed by atoms with Gasteiger partial charge in [-0.2, -0.15) is 0 Å². The van der Waals surface area contributed by atoms with E-state index in [0.717, 1.165) is 131 Å². The zero-order valence-corrected chi connectivity index (χ0v) is 70.6. The number of aldehydes is 1. The maximum Gasteiger partial charge on any atom is 0.169 e. The normalized spacial score (nSPS) is 10.5. The summed E-state index contributed by atoms with van der Waals surface area (Å²) in [5.74, 6) is 0. The molecule has 0 aliphatic carbocycles. The van der Waals surface area contributed by atoms with Gasteiger partial charge in [0.25, 0.3) is 0 Å². The first-order valence-corrected chi connectivity index (χ1v) is 40.6. The number of thiazole rings is 6. The fraction of sp³-hybridized carbons (Fsp3) is 0.333. The fourth-order valence-electron chi connectivity index (χ4n) is 8.87. The minimum Gasteiger partial charge on any atom is -1.00 e. The first-order chi connectivity index (χ1) is 47.8. The average Bonchev–Trinajstić information content (AvgIpc) is 1.66. The van der Waals surface area contributed by atoms with Gasteiger partial charge in [-0.15, -0.1) is 0 Å². The van der Waals surface area contributed by atoms with Gasteiger partial charge in [-0.25, -0.2) is 48.2 Å². The Morgan fingerprint density at radius 1 is 0.410 bits per heavy atom. The zero-order chi connectivity index (χ0) is 72.4. The molecule has 0 bridgehead atoms. The molecular weight excluding hydrogens is 1710 g/mol. The van der Waals surface area contributed by atoms with Crippen LogP contribution in [0.25, 0.3) is 92.4 Å². The molecule has 562 valence electrons. The van der Waals surface area contributed by atoms with Crippen molar-refractivity contribution < 1.29 is 53.5 Å². The van der Waals surface area contributed by atoms with E-state index < -0.39 is 0 Å². The van der Waals surface area contributed by atoms with Gasteiger partial charge in [0.2, 0.25) is 0 Å². The number of nitrogens with two attached hydrogens (primary N) is 2. The Kier molecular flexibility index (Phi) is 42.2. The van der Waals surface area contributed by atoms with Crippen LogP contribution in [0, 0.1) is 0 Å². The quantitative estimate of drug-likeness (QED) is 0.0205. The number of halogens is 3. The van der Waals surface area contributed by atoms with Crippen molar-refractivity contribution in [3.05, 3.63) is 177 Å². The molecule has 0 saturated heterocycles. The van der Waals surface area contributed by atoms with E-state index in [1.54, 1.807) is 117 Å². The van der Waals surface area contributed by atoms with E-state index in [1.807, 2.05) is 77.2 Å². The van der Waals surface area contributed by atoms with Gasteiger partial charge in [0.15, 0.2) is 91.6 Å². The number of carbonyl (C=O) groups is 1. The molecule has 0 unspecified atom stereocenters. The maximum atomic E-state index is 9.98. The van der Waals surface area contributed by atoms with E-state index in [2.05, 4.69) is 234 Å². The van der Waals surface area contributed by atoms with Crippen molar-refractivity contribution in [1.82, 2.24) is 44.9 Å². The second-order valence-electron chi connectivity index (χ2n) is 25.5. The van der Waals surface area contributed by atoms with Crippen LogP contribution in [-0.2, 0) is 27.2 Å². The second kappa shape index (κ2) is 46.8. The second-order valence-corrected chi connectivity index (χ2v) is 33.0. The van der Waals surface area contributed by atoms with E-state index in [1.165, 1.54) is 38.9 Å². The number of nitrogens with zero attached hydrogens (tertiary/aromatic N) is 16. The molecule has 0 atom stereocenters. The van der Waals surface area contributed by atoms with Crippen LogP contribution in [-0.4, -0.2) is 168 Å². The SMILES string of the molecule is C.C.C.C.CI.C[N+](C)(C)CCCBr.C[N+](C)(C)CCC[n+]1ccc(-c2nc3sc(-c4cc[n+](CCC[N+](C)(C)C)cc4)nc3s2)cc1.C[n+]1ccc(-c2nc3sc(-c4cc[n+](C)cc4)nc3s2)cc1.NC(=S)C(N)=S.O=Cc1ccncc1.[Br-].c1cc(-c2nc3sc(-c4ccncc4)nc3s2)ccn1. The molecule has 0 fully saturated rings. The molecule has 0 saturated carbocycles. The van der Waals surface area contributed by atoms with Crippen molar-refractivity contribution in [2.24, 2.45) is 25.6 Å². The number of aromatic nitrogens is 13. The summed E-state index contributed by atoms with van der Waals surface area (Å²) in [6.45, 7) is 5.68. The van der Waals surface area contributed by atoms with Crippen molar-refractivity contribution >= 4 is 176 Å². The Morgan fingerprint density at radius 2 is 0.629 bits per heavy atom. The predicted molar refractivity (Wildman–Crippen MR) is 463 cm³/mol. The third-order valence-electron chi connectivity index (χ3n) is 14.0. The van der Waals surface area contributed by atoms with Crippen molar-refractivity contribution in [2.45, 2.75) is 62.1 Å². The summed E-state index contributed by atoms with van der Waals surface area (Å²) in [5, 5.41) is 7.25. The van der Waals surface area contributed by atoms with Crippen LogP contribution in [0.2, 0.25) is 0 Å². The Hall–Kier alpha value is -6.37. The van der Waals surface area contributed by atoms with Gasteiger partial charge in [0.1, 0.15) is 60.4 Å². The van der Waals surface area contributed by atoms with Crippen LogP contribution in [0.5, 0.6) is 0 Å². The van der Waals surface area contributed by atoms with E-state index in [9.17, 15) is 4.79 Å². The molecule has 0 amide bonds. The molecule has 0 aromatic carbocycles. The van der Waals surface area contributed by atoms with Gasteiger partial charge < -0.3 is 41.9 Å². The van der Waals surface area contributed by atoms with E-state index in [0.29, 0.717) is 5.56 Å². The summed E-state index contributed by atoms with van der Waals surface area (Å²) in [5.41, 5.74) is 17.2. The molecule has 30 heteroatoms. The standard InChI is InChI=1S/C26H38N6S2.C16H14N4S2.C14H8N4S2.C6H15BrN.C6H5NO.C2H4N2S2.CH3I.4CH4.BrH/c1-31(2,3)19-7-13-29-15-9-21(10-16-29)23-27-25-26(33-23)28-24(34-25)22-11-17-30(18-12-22)14-8-20-32(4,5)6;1-19-7-3-11(4-8-19)13-17-15-16(21-13)18-14(22-15)12-5-9-20(2)10-6-12;1-5-15-6-2-9(1)11-17-13-14(19-11)18-12(20-13)10-3-7-16-8-4-10;1-8(2,3)6-4-5-7;8-5-6-1-3-7-4-2-6;3-1(5)2(4)6;1-2;;;;;/h9-12,15-18H,7-8,13-14,19-20H2,1-6H3;3-10H,1-2H3;1-8H;4-6H2,1-3H3;1-5H;(H2,3,5)(H2,4,6);1H3;4*1H4;1H/q+4;+2;;+1;;;;;;;;/p-1. The van der Waals surface area contributed by atoms with Gasteiger partial charge in [0, 0.05) is 136 Å². The minimum atomic E-state index is 0. The molecule has 0 radical (unpaired) electrons. The average molecular weight is 1820 g/mol. The Balaban J connectivity index is 0.000000462. The molecule has 13 rings (SSSR count). The van der Waals surface area contributed by atoms with Crippen molar-refractivity contribution in [3.63, 3.8) is 0 Å².